The SMILES string of the molecule is CC(C)=O.CCO.ClCCl. The van der Waals surface area contributed by atoms with Gasteiger partial charge in [-0.05, 0) is 20.8 Å². The Hall–Kier alpha value is 0.210. The summed E-state index contributed by atoms with van der Waals surface area (Å²) in [5, 5.41) is 7.76. The van der Waals surface area contributed by atoms with Gasteiger partial charge in [-0.3, -0.25) is 0 Å². The Morgan fingerprint density at radius 1 is 1.40 bits per heavy atom. The van der Waals surface area contributed by atoms with Crippen LogP contribution >= 0.6 is 23.2 Å². The molecule has 0 aromatic rings. The Kier molecular flexibility index (Phi) is 38.1. The zero-order chi connectivity index (χ0) is 8.99. The van der Waals surface area contributed by atoms with E-state index < -0.39 is 0 Å². The molecule has 0 unspecified atom stereocenters. The number of aliphatic hydroxyl groups excluding tert-OH is 1. The molecule has 1 N–H and O–H groups in total. The lowest BCUT2D eigenvalue weighted by molar-refractivity contribution is -0.114. The van der Waals surface area contributed by atoms with Gasteiger partial charge in [-0.2, -0.15) is 0 Å². The van der Waals surface area contributed by atoms with Crippen molar-refractivity contribution in [2.45, 2.75) is 20.8 Å². The summed E-state index contributed by atoms with van der Waals surface area (Å²) in [5.41, 5.74) is 0. The van der Waals surface area contributed by atoms with E-state index in [9.17, 15) is 4.79 Å². The fraction of sp³-hybridized carbons (Fsp3) is 0.833. The molecule has 0 aromatic carbocycles. The molecule has 0 bridgehead atoms. The molecule has 10 heavy (non-hydrogen) atoms. The summed E-state index contributed by atoms with van der Waals surface area (Å²) in [5.74, 6) is 0.167. The zero-order valence-electron chi connectivity index (χ0n) is 6.53. The first-order chi connectivity index (χ1) is 4.56. The molecular formula is C6H14Cl2O2. The maximum absolute atomic E-state index is 9.44. The highest BCUT2D eigenvalue weighted by atomic mass is 35.5. The predicted octanol–water partition coefficient (Wildman–Crippen LogP) is 2.02. The van der Waals surface area contributed by atoms with Gasteiger partial charge in [-0.1, -0.05) is 0 Å². The number of aliphatic hydroxyl groups is 1. The van der Waals surface area contributed by atoms with Crippen molar-refractivity contribution in [1.82, 2.24) is 0 Å². The number of hydrogen-bond donors (Lipinski definition) is 1. The van der Waals surface area contributed by atoms with E-state index in [-0.39, 0.29) is 17.7 Å². The maximum atomic E-state index is 9.44. The highest BCUT2D eigenvalue weighted by molar-refractivity contribution is 6.40. The Morgan fingerprint density at radius 3 is 1.40 bits per heavy atom. The van der Waals surface area contributed by atoms with Gasteiger partial charge in [-0.15, -0.1) is 23.2 Å². The van der Waals surface area contributed by atoms with Gasteiger partial charge < -0.3 is 9.90 Å². The summed E-state index contributed by atoms with van der Waals surface area (Å²) in [7, 11) is 0. The molecule has 0 amide bonds. The lowest BCUT2D eigenvalue weighted by atomic mass is 10.6. The molecule has 0 spiro atoms. The molecule has 0 saturated carbocycles. The number of halogens is 2. The normalized spacial score (nSPS) is 6.20. The second-order valence-corrected chi connectivity index (χ2v) is 2.13. The Bertz CT molecular complexity index is 51.7. The van der Waals surface area contributed by atoms with Gasteiger partial charge >= 0.3 is 0 Å². The average Bonchev–Trinajstić information content (AvgIpc) is 1.65. The monoisotopic (exact) mass is 188 g/mol. The summed E-state index contributed by atoms with van der Waals surface area (Å²) in [6.07, 6.45) is 0. The summed E-state index contributed by atoms with van der Waals surface area (Å²) in [6.45, 7) is 4.99. The van der Waals surface area contributed by atoms with E-state index in [4.69, 9.17) is 28.3 Å². The number of carbonyl (C=O) groups excluding carboxylic acids is 1. The lowest BCUT2D eigenvalue weighted by Gasteiger charge is -1.56. The van der Waals surface area contributed by atoms with Crippen molar-refractivity contribution in [2.75, 3.05) is 11.9 Å². The van der Waals surface area contributed by atoms with Crippen molar-refractivity contribution in [2.24, 2.45) is 0 Å². The fourth-order valence-corrected chi connectivity index (χ4v) is 0. The third kappa shape index (κ3) is 9680. The quantitative estimate of drug-likeness (QED) is 0.592. The van der Waals surface area contributed by atoms with Crippen molar-refractivity contribution in [1.29, 1.82) is 0 Å². The first-order valence-electron chi connectivity index (χ1n) is 2.76. The molecule has 0 atom stereocenters. The molecule has 0 aliphatic rings. The minimum atomic E-state index is 0.167. The van der Waals surface area contributed by atoms with Crippen molar-refractivity contribution < 1.29 is 9.90 Å². The summed E-state index contributed by atoms with van der Waals surface area (Å²) in [4.78, 5) is 9.44. The Morgan fingerprint density at radius 2 is 1.40 bits per heavy atom. The fourth-order valence-electron chi connectivity index (χ4n) is 0. The molecule has 2 nitrogen and oxygen atoms in total. The topological polar surface area (TPSA) is 37.3 Å². The third-order valence-corrected chi connectivity index (χ3v) is 0. The van der Waals surface area contributed by atoms with E-state index in [1.807, 2.05) is 0 Å². The highest BCUT2D eigenvalue weighted by Crippen LogP contribution is 1.73. The number of alkyl halides is 2. The lowest BCUT2D eigenvalue weighted by Crippen LogP contribution is -1.69. The predicted molar refractivity (Wildman–Crippen MR) is 45.7 cm³/mol. The van der Waals surface area contributed by atoms with Crippen LogP contribution in [0.4, 0.5) is 0 Å². The van der Waals surface area contributed by atoms with Crippen LogP contribution in [-0.2, 0) is 4.79 Å². The van der Waals surface area contributed by atoms with Crippen LogP contribution in [0.5, 0.6) is 0 Å². The second kappa shape index (κ2) is 22.9. The van der Waals surface area contributed by atoms with Gasteiger partial charge in [0.05, 0.1) is 5.34 Å². The molecule has 0 rings (SSSR count). The molecule has 64 valence electrons. The standard InChI is InChI=1S/C3H6O.C2H6O.CH2Cl2/c1-3(2)4;1-2-3;2-1-3/h1-2H3;3H,2H2,1H3;1H2. The van der Waals surface area contributed by atoms with E-state index in [0.29, 0.717) is 0 Å². The number of rotatable bonds is 0. The Balaban J connectivity index is -0.0000000750. The van der Waals surface area contributed by atoms with E-state index in [1.165, 1.54) is 13.8 Å². The van der Waals surface area contributed by atoms with E-state index in [0.717, 1.165) is 0 Å². The molecule has 0 radical (unpaired) electrons. The van der Waals surface area contributed by atoms with E-state index >= 15 is 0 Å². The van der Waals surface area contributed by atoms with Gasteiger partial charge in [-0.25, -0.2) is 0 Å². The van der Waals surface area contributed by atoms with Crippen LogP contribution in [0.25, 0.3) is 0 Å². The maximum Gasteiger partial charge on any atom is 0.126 e. The van der Waals surface area contributed by atoms with E-state index in [2.05, 4.69) is 0 Å². The molecule has 0 heterocycles. The molecular weight excluding hydrogens is 175 g/mol. The zero-order valence-corrected chi connectivity index (χ0v) is 8.04. The van der Waals surface area contributed by atoms with E-state index in [1.54, 1.807) is 6.92 Å². The summed E-state index contributed by atoms with van der Waals surface area (Å²) < 4.78 is 0. The van der Waals surface area contributed by atoms with Gasteiger partial charge in [0.1, 0.15) is 5.78 Å². The highest BCUT2D eigenvalue weighted by Gasteiger charge is 1.62. The first-order valence-corrected chi connectivity index (χ1v) is 3.83. The van der Waals surface area contributed by atoms with Crippen LogP contribution in [-0.4, -0.2) is 22.8 Å². The third-order valence-electron chi connectivity index (χ3n) is 0. The van der Waals surface area contributed by atoms with Gasteiger partial charge in [0.2, 0.25) is 0 Å². The number of hydrogen-bond acceptors (Lipinski definition) is 2. The molecule has 0 fully saturated rings. The van der Waals surface area contributed by atoms with Crippen molar-refractivity contribution in [3.63, 3.8) is 0 Å². The summed E-state index contributed by atoms with van der Waals surface area (Å²) in [6, 6.07) is 0. The Labute approximate surface area is 72.1 Å². The number of ketones is 1. The first kappa shape index (κ1) is 16.7. The smallest absolute Gasteiger partial charge is 0.126 e. The van der Waals surface area contributed by atoms with Crippen molar-refractivity contribution >= 4 is 29.0 Å². The average molecular weight is 189 g/mol. The number of Topliss-reactive ketones (excluding diaryl/α,β-unsaturated/α-hetero) is 1. The van der Waals surface area contributed by atoms with Gasteiger partial charge in [0.25, 0.3) is 0 Å². The molecule has 0 aliphatic heterocycles. The van der Waals surface area contributed by atoms with Crippen LogP contribution < -0.4 is 0 Å². The molecule has 0 saturated heterocycles. The van der Waals surface area contributed by atoms with Crippen molar-refractivity contribution in [3.8, 4) is 0 Å². The van der Waals surface area contributed by atoms with Crippen LogP contribution in [0, 0.1) is 0 Å². The number of carbonyl (C=O) groups is 1. The van der Waals surface area contributed by atoms with Gasteiger partial charge in [0.15, 0.2) is 0 Å². The molecule has 0 aliphatic carbocycles. The van der Waals surface area contributed by atoms with Gasteiger partial charge in [0, 0.05) is 6.61 Å². The van der Waals surface area contributed by atoms with Crippen molar-refractivity contribution in [3.05, 3.63) is 0 Å². The van der Waals surface area contributed by atoms with Crippen LogP contribution in [0.15, 0.2) is 0 Å². The minimum Gasteiger partial charge on any atom is -0.397 e. The molecule has 4 heteroatoms. The second-order valence-electron chi connectivity index (χ2n) is 1.33. The summed E-state index contributed by atoms with van der Waals surface area (Å²) >= 11 is 9.53. The van der Waals surface area contributed by atoms with Crippen LogP contribution in [0.2, 0.25) is 0 Å². The van der Waals surface area contributed by atoms with Crippen LogP contribution in [0.1, 0.15) is 20.8 Å². The van der Waals surface area contributed by atoms with Crippen LogP contribution in [0.3, 0.4) is 0 Å². The minimum absolute atomic E-state index is 0.167. The largest absolute Gasteiger partial charge is 0.397 e. The molecule has 0 aromatic heterocycles.